The highest BCUT2D eigenvalue weighted by molar-refractivity contribution is 5.95. The molecular formula is C24H33ClN2O7. The molecule has 1 aliphatic rings. The third kappa shape index (κ3) is 5.71. The largest absolute Gasteiger partial charge is 0.493 e. The Kier molecular flexibility index (Phi) is 9.95. The standard InChI is InChI=1S/C24H32N2O7.ClH/c1-28-18-11-16(12-19(29-2)22(18)32-5)15-25-7-9-26(10-8-25)24(27)17-13-20(30-3)23(33-6)21(14-17)31-4;/h11-14H,7-10,15H2,1-6H3;1H. The second kappa shape index (κ2) is 12.4. The summed E-state index contributed by atoms with van der Waals surface area (Å²) in [6.07, 6.45) is 0. The predicted molar refractivity (Wildman–Crippen MR) is 131 cm³/mol. The summed E-state index contributed by atoms with van der Waals surface area (Å²) >= 11 is 0. The van der Waals surface area contributed by atoms with Gasteiger partial charge in [0.05, 0.1) is 42.7 Å². The summed E-state index contributed by atoms with van der Waals surface area (Å²) in [5, 5.41) is 0. The number of carbonyl (C=O) groups is 1. The molecule has 0 atom stereocenters. The number of hydrogen-bond donors (Lipinski definition) is 0. The van der Waals surface area contributed by atoms with Crippen LogP contribution >= 0.6 is 12.4 Å². The molecule has 0 N–H and O–H groups in total. The molecule has 1 heterocycles. The van der Waals surface area contributed by atoms with Crippen molar-refractivity contribution >= 4 is 18.3 Å². The fourth-order valence-electron chi connectivity index (χ4n) is 3.98. The number of ether oxygens (including phenoxy) is 6. The Labute approximate surface area is 206 Å². The molecule has 10 heteroatoms. The Morgan fingerprint density at radius 1 is 0.676 bits per heavy atom. The first-order chi connectivity index (χ1) is 16.0. The summed E-state index contributed by atoms with van der Waals surface area (Å²) in [5.41, 5.74) is 1.55. The normalized spacial score (nSPS) is 13.5. The summed E-state index contributed by atoms with van der Waals surface area (Å²) in [4.78, 5) is 17.3. The van der Waals surface area contributed by atoms with Crippen LogP contribution in [-0.2, 0) is 6.54 Å². The van der Waals surface area contributed by atoms with Gasteiger partial charge < -0.3 is 33.3 Å². The van der Waals surface area contributed by atoms with Crippen LogP contribution < -0.4 is 28.4 Å². The van der Waals surface area contributed by atoms with Crippen molar-refractivity contribution in [2.75, 3.05) is 68.8 Å². The maximum Gasteiger partial charge on any atom is 0.254 e. The van der Waals surface area contributed by atoms with Gasteiger partial charge in [0.25, 0.3) is 5.91 Å². The molecule has 0 saturated carbocycles. The zero-order valence-electron chi connectivity index (χ0n) is 20.5. The number of carbonyl (C=O) groups excluding carboxylic acids is 1. The van der Waals surface area contributed by atoms with Crippen molar-refractivity contribution in [1.29, 1.82) is 0 Å². The van der Waals surface area contributed by atoms with Gasteiger partial charge in [0.1, 0.15) is 0 Å². The minimum absolute atomic E-state index is 0. The van der Waals surface area contributed by atoms with Crippen molar-refractivity contribution in [1.82, 2.24) is 9.80 Å². The Morgan fingerprint density at radius 3 is 1.47 bits per heavy atom. The van der Waals surface area contributed by atoms with Crippen molar-refractivity contribution in [3.05, 3.63) is 35.4 Å². The average Bonchev–Trinajstić information content (AvgIpc) is 2.86. The highest BCUT2D eigenvalue weighted by Gasteiger charge is 2.25. The van der Waals surface area contributed by atoms with Gasteiger partial charge in [0.2, 0.25) is 11.5 Å². The van der Waals surface area contributed by atoms with E-state index in [-0.39, 0.29) is 18.3 Å². The smallest absolute Gasteiger partial charge is 0.254 e. The minimum atomic E-state index is -0.0679. The summed E-state index contributed by atoms with van der Waals surface area (Å²) in [6.45, 7) is 3.42. The highest BCUT2D eigenvalue weighted by atomic mass is 35.5. The average molecular weight is 497 g/mol. The number of rotatable bonds is 9. The molecule has 0 bridgehead atoms. The first-order valence-corrected chi connectivity index (χ1v) is 10.6. The molecule has 1 fully saturated rings. The third-order valence-electron chi connectivity index (χ3n) is 5.70. The molecule has 0 aliphatic carbocycles. The molecule has 0 unspecified atom stereocenters. The zero-order chi connectivity index (χ0) is 24.0. The van der Waals surface area contributed by atoms with Gasteiger partial charge in [0.15, 0.2) is 23.0 Å². The van der Waals surface area contributed by atoms with Gasteiger partial charge in [-0.25, -0.2) is 0 Å². The molecule has 34 heavy (non-hydrogen) atoms. The molecule has 3 rings (SSSR count). The molecule has 9 nitrogen and oxygen atoms in total. The molecule has 0 aromatic heterocycles. The number of nitrogens with zero attached hydrogens (tertiary/aromatic N) is 2. The van der Waals surface area contributed by atoms with Crippen molar-refractivity contribution in [2.45, 2.75) is 6.54 Å². The van der Waals surface area contributed by atoms with E-state index in [1.165, 1.54) is 21.3 Å². The molecule has 1 aliphatic heterocycles. The van der Waals surface area contributed by atoms with Gasteiger partial charge in [-0.15, -0.1) is 12.4 Å². The van der Waals surface area contributed by atoms with Crippen LogP contribution in [-0.4, -0.2) is 84.5 Å². The number of hydrogen-bond acceptors (Lipinski definition) is 8. The van der Waals surface area contributed by atoms with Crippen LogP contribution in [0.2, 0.25) is 0 Å². The van der Waals surface area contributed by atoms with Crippen LogP contribution in [0.3, 0.4) is 0 Å². The van der Waals surface area contributed by atoms with E-state index in [1.807, 2.05) is 17.0 Å². The summed E-state index contributed by atoms with van der Waals surface area (Å²) in [7, 11) is 9.41. The van der Waals surface area contributed by atoms with E-state index in [0.29, 0.717) is 59.7 Å². The van der Waals surface area contributed by atoms with E-state index in [2.05, 4.69) is 4.90 Å². The molecule has 1 saturated heterocycles. The number of benzene rings is 2. The Balaban J connectivity index is 0.00000408. The van der Waals surface area contributed by atoms with E-state index in [1.54, 1.807) is 33.5 Å². The van der Waals surface area contributed by atoms with Gasteiger partial charge >= 0.3 is 0 Å². The van der Waals surface area contributed by atoms with E-state index in [9.17, 15) is 4.79 Å². The maximum absolute atomic E-state index is 13.1. The van der Waals surface area contributed by atoms with Crippen LogP contribution in [0.1, 0.15) is 15.9 Å². The molecule has 0 radical (unpaired) electrons. The van der Waals surface area contributed by atoms with Gasteiger partial charge in [-0.3, -0.25) is 9.69 Å². The lowest BCUT2D eigenvalue weighted by Gasteiger charge is -2.35. The van der Waals surface area contributed by atoms with Crippen LogP contribution in [0.5, 0.6) is 34.5 Å². The van der Waals surface area contributed by atoms with Crippen LogP contribution in [0.15, 0.2) is 24.3 Å². The van der Waals surface area contributed by atoms with Gasteiger partial charge in [0, 0.05) is 38.3 Å². The van der Waals surface area contributed by atoms with Gasteiger partial charge in [-0.2, -0.15) is 0 Å². The van der Waals surface area contributed by atoms with Gasteiger partial charge in [-0.1, -0.05) is 0 Å². The Hall–Kier alpha value is -3.04. The molecule has 1 amide bonds. The quantitative estimate of drug-likeness (QED) is 0.524. The SMILES string of the molecule is COc1cc(CN2CCN(C(=O)c3cc(OC)c(OC)c(OC)c3)CC2)cc(OC)c1OC.Cl. The van der Waals surface area contributed by atoms with Crippen molar-refractivity contribution in [3.8, 4) is 34.5 Å². The number of halogens is 1. The number of methoxy groups -OCH3 is 6. The van der Waals surface area contributed by atoms with E-state index >= 15 is 0 Å². The van der Waals surface area contributed by atoms with E-state index < -0.39 is 0 Å². The zero-order valence-corrected chi connectivity index (χ0v) is 21.3. The van der Waals surface area contributed by atoms with Gasteiger partial charge in [-0.05, 0) is 29.8 Å². The number of piperazine rings is 1. The molecule has 188 valence electrons. The molecule has 2 aromatic rings. The molecular weight excluding hydrogens is 464 g/mol. The second-order valence-electron chi connectivity index (χ2n) is 7.52. The minimum Gasteiger partial charge on any atom is -0.493 e. The summed E-state index contributed by atoms with van der Waals surface area (Å²) in [6, 6.07) is 7.28. The molecule has 2 aromatic carbocycles. The van der Waals surface area contributed by atoms with Crippen molar-refractivity contribution in [2.24, 2.45) is 0 Å². The van der Waals surface area contributed by atoms with Crippen LogP contribution in [0, 0.1) is 0 Å². The van der Waals surface area contributed by atoms with E-state index in [4.69, 9.17) is 28.4 Å². The van der Waals surface area contributed by atoms with Crippen molar-refractivity contribution < 1.29 is 33.2 Å². The maximum atomic E-state index is 13.1. The topological polar surface area (TPSA) is 78.9 Å². The lowest BCUT2D eigenvalue weighted by Crippen LogP contribution is -2.48. The number of amides is 1. The van der Waals surface area contributed by atoms with Crippen LogP contribution in [0.25, 0.3) is 0 Å². The lowest BCUT2D eigenvalue weighted by atomic mass is 10.1. The fourth-order valence-corrected chi connectivity index (χ4v) is 3.98. The molecule has 0 spiro atoms. The predicted octanol–water partition coefficient (Wildman–Crippen LogP) is 3.12. The second-order valence-corrected chi connectivity index (χ2v) is 7.52. The van der Waals surface area contributed by atoms with Crippen molar-refractivity contribution in [3.63, 3.8) is 0 Å². The Bertz CT molecular complexity index is 928. The monoisotopic (exact) mass is 496 g/mol. The highest BCUT2D eigenvalue weighted by Crippen LogP contribution is 2.39. The third-order valence-corrected chi connectivity index (χ3v) is 5.70. The van der Waals surface area contributed by atoms with E-state index in [0.717, 1.165) is 18.7 Å². The first kappa shape index (κ1) is 27.2. The summed E-state index contributed by atoms with van der Waals surface area (Å²) < 4.78 is 32.4. The lowest BCUT2D eigenvalue weighted by molar-refractivity contribution is 0.0627. The first-order valence-electron chi connectivity index (χ1n) is 10.6. The fraction of sp³-hybridized carbons (Fsp3) is 0.458. The Morgan fingerprint density at radius 2 is 1.09 bits per heavy atom. The van der Waals surface area contributed by atoms with Crippen LogP contribution in [0.4, 0.5) is 0 Å². The summed E-state index contributed by atoms with van der Waals surface area (Å²) in [5.74, 6) is 3.14.